The van der Waals surface area contributed by atoms with Gasteiger partial charge in [-0.15, -0.1) is 6.58 Å². The van der Waals surface area contributed by atoms with E-state index < -0.39 is 0 Å². The minimum Gasteiger partial charge on any atom is -0.359 e. The molecule has 0 amide bonds. The Morgan fingerprint density at radius 3 is 3.00 bits per heavy atom. The van der Waals surface area contributed by atoms with Gasteiger partial charge in [0, 0.05) is 29.4 Å². The van der Waals surface area contributed by atoms with Gasteiger partial charge in [0.25, 0.3) is 0 Å². The van der Waals surface area contributed by atoms with E-state index in [0.29, 0.717) is 28.1 Å². The fraction of sp³-hybridized carbons (Fsp3) is 0.143. The predicted octanol–water partition coefficient (Wildman–Crippen LogP) is 3.20. The van der Waals surface area contributed by atoms with Crippen LogP contribution >= 0.6 is 23.8 Å². The van der Waals surface area contributed by atoms with Crippen molar-refractivity contribution >= 4 is 34.7 Å². The molecule has 4 nitrogen and oxygen atoms in total. The number of benzene rings is 1. The predicted molar refractivity (Wildman–Crippen MR) is 87.2 cm³/mol. The number of anilines is 1. The molecule has 0 saturated carbocycles. The number of aromatic nitrogens is 2. The highest BCUT2D eigenvalue weighted by Crippen LogP contribution is 2.20. The van der Waals surface area contributed by atoms with Crippen molar-refractivity contribution in [2.24, 2.45) is 0 Å². The van der Waals surface area contributed by atoms with Crippen molar-refractivity contribution < 1.29 is 4.39 Å². The van der Waals surface area contributed by atoms with Crippen molar-refractivity contribution in [1.29, 1.82) is 0 Å². The number of hydrogen-bond donors (Lipinski definition) is 2. The van der Waals surface area contributed by atoms with Crippen molar-refractivity contribution in [3.63, 3.8) is 0 Å². The first-order valence-corrected chi connectivity index (χ1v) is 7.01. The molecule has 1 heterocycles. The van der Waals surface area contributed by atoms with Crippen LogP contribution in [-0.4, -0.2) is 21.4 Å². The van der Waals surface area contributed by atoms with E-state index >= 15 is 0 Å². The highest BCUT2D eigenvalue weighted by Gasteiger charge is 2.09. The molecule has 0 saturated heterocycles. The Labute approximate surface area is 132 Å². The topological polar surface area (TPSA) is 41.9 Å². The van der Waals surface area contributed by atoms with Gasteiger partial charge in [-0.2, -0.15) is 5.10 Å². The fourth-order valence-electron chi connectivity index (χ4n) is 1.69. The standard InChI is InChI=1S/C14H14ClFN4S/c1-2-7-17-14(21)18-13-6-8-20(19-13)9-10-11(15)4-3-5-12(10)16/h2-6,8H,1,7,9H2,(H2,17,18,19,21). The fourth-order valence-corrected chi connectivity index (χ4v) is 2.10. The molecule has 0 aliphatic rings. The van der Waals surface area contributed by atoms with Crippen LogP contribution < -0.4 is 10.6 Å². The second-order valence-corrected chi connectivity index (χ2v) is 5.04. The first kappa shape index (κ1) is 15.5. The molecule has 2 N–H and O–H groups in total. The van der Waals surface area contributed by atoms with Gasteiger partial charge in [0.1, 0.15) is 5.82 Å². The summed E-state index contributed by atoms with van der Waals surface area (Å²) >= 11 is 11.1. The zero-order chi connectivity index (χ0) is 15.2. The maximum absolute atomic E-state index is 13.7. The van der Waals surface area contributed by atoms with Crippen LogP contribution in [0.3, 0.4) is 0 Å². The summed E-state index contributed by atoms with van der Waals surface area (Å²) in [6.07, 6.45) is 3.42. The number of nitrogens with one attached hydrogen (secondary N) is 2. The molecule has 1 aromatic heterocycles. The van der Waals surface area contributed by atoms with Crippen LogP contribution in [0, 0.1) is 5.82 Å². The monoisotopic (exact) mass is 324 g/mol. The largest absolute Gasteiger partial charge is 0.359 e. The van der Waals surface area contributed by atoms with Gasteiger partial charge in [-0.1, -0.05) is 23.7 Å². The van der Waals surface area contributed by atoms with Gasteiger partial charge in [-0.25, -0.2) is 4.39 Å². The third kappa shape index (κ3) is 4.27. The van der Waals surface area contributed by atoms with Crippen molar-refractivity contribution in [3.8, 4) is 0 Å². The normalized spacial score (nSPS) is 10.2. The van der Waals surface area contributed by atoms with E-state index in [2.05, 4.69) is 22.3 Å². The summed E-state index contributed by atoms with van der Waals surface area (Å²) in [4.78, 5) is 0. The van der Waals surface area contributed by atoms with Crippen LogP contribution in [0.15, 0.2) is 43.1 Å². The van der Waals surface area contributed by atoms with Gasteiger partial charge in [0.05, 0.1) is 6.54 Å². The van der Waals surface area contributed by atoms with Crippen LogP contribution in [0.2, 0.25) is 5.02 Å². The molecular weight excluding hydrogens is 311 g/mol. The lowest BCUT2D eigenvalue weighted by Crippen LogP contribution is -2.28. The zero-order valence-electron chi connectivity index (χ0n) is 11.1. The Morgan fingerprint density at radius 2 is 2.29 bits per heavy atom. The lowest BCUT2D eigenvalue weighted by Gasteiger charge is -2.07. The zero-order valence-corrected chi connectivity index (χ0v) is 12.7. The third-order valence-electron chi connectivity index (χ3n) is 2.67. The molecule has 2 rings (SSSR count). The Hall–Kier alpha value is -1.92. The molecule has 7 heteroatoms. The third-order valence-corrected chi connectivity index (χ3v) is 3.27. The molecule has 0 aliphatic carbocycles. The first-order chi connectivity index (χ1) is 10.1. The molecular formula is C14H14ClFN4S. The van der Waals surface area contributed by atoms with Crippen molar-refractivity contribution in [1.82, 2.24) is 15.1 Å². The molecule has 0 fully saturated rings. The quantitative estimate of drug-likeness (QED) is 0.654. The van der Waals surface area contributed by atoms with Crippen LogP contribution in [0.25, 0.3) is 0 Å². The average molecular weight is 325 g/mol. The SMILES string of the molecule is C=CCNC(=S)Nc1ccn(Cc2c(F)cccc2Cl)n1. The molecule has 0 aliphatic heterocycles. The van der Waals surface area contributed by atoms with Gasteiger partial charge in [-0.3, -0.25) is 4.68 Å². The highest BCUT2D eigenvalue weighted by molar-refractivity contribution is 7.80. The van der Waals surface area contributed by atoms with Crippen LogP contribution in [0.1, 0.15) is 5.56 Å². The van der Waals surface area contributed by atoms with Gasteiger partial charge in [0.2, 0.25) is 0 Å². The van der Waals surface area contributed by atoms with E-state index in [1.807, 2.05) is 0 Å². The van der Waals surface area contributed by atoms with Gasteiger partial charge in [-0.05, 0) is 24.4 Å². The second-order valence-electron chi connectivity index (χ2n) is 4.22. The summed E-state index contributed by atoms with van der Waals surface area (Å²) in [5, 5.41) is 10.9. The van der Waals surface area contributed by atoms with Crippen LogP contribution in [0.5, 0.6) is 0 Å². The van der Waals surface area contributed by atoms with Crippen molar-refractivity contribution in [2.75, 3.05) is 11.9 Å². The van der Waals surface area contributed by atoms with Crippen molar-refractivity contribution in [2.45, 2.75) is 6.54 Å². The summed E-state index contributed by atoms with van der Waals surface area (Å²) in [6.45, 7) is 4.41. The summed E-state index contributed by atoms with van der Waals surface area (Å²) in [6, 6.07) is 6.34. The summed E-state index contributed by atoms with van der Waals surface area (Å²) in [7, 11) is 0. The van der Waals surface area contributed by atoms with E-state index in [-0.39, 0.29) is 12.4 Å². The molecule has 110 valence electrons. The van der Waals surface area contributed by atoms with Gasteiger partial charge in [0.15, 0.2) is 10.9 Å². The Kier molecular flexibility index (Phi) is 5.30. The van der Waals surface area contributed by atoms with E-state index in [4.69, 9.17) is 23.8 Å². The first-order valence-electron chi connectivity index (χ1n) is 6.22. The van der Waals surface area contributed by atoms with E-state index in [9.17, 15) is 4.39 Å². The minimum atomic E-state index is -0.351. The highest BCUT2D eigenvalue weighted by atomic mass is 35.5. The molecule has 0 atom stereocenters. The number of hydrogen-bond acceptors (Lipinski definition) is 2. The molecule has 0 bridgehead atoms. The number of rotatable bonds is 5. The summed E-state index contributed by atoms with van der Waals surface area (Å²) in [5.74, 6) is 0.222. The Balaban J connectivity index is 2.03. The molecule has 0 spiro atoms. The molecule has 2 aromatic rings. The van der Waals surface area contributed by atoms with Gasteiger partial charge >= 0.3 is 0 Å². The van der Waals surface area contributed by atoms with Crippen LogP contribution in [0.4, 0.5) is 10.2 Å². The number of halogens is 2. The minimum absolute atomic E-state index is 0.250. The Morgan fingerprint density at radius 1 is 1.48 bits per heavy atom. The molecule has 0 radical (unpaired) electrons. The van der Waals surface area contributed by atoms with Crippen LogP contribution in [-0.2, 0) is 6.54 Å². The number of nitrogens with zero attached hydrogens (tertiary/aromatic N) is 2. The smallest absolute Gasteiger partial charge is 0.172 e. The van der Waals surface area contributed by atoms with Gasteiger partial charge < -0.3 is 10.6 Å². The van der Waals surface area contributed by atoms with E-state index in [1.165, 1.54) is 6.07 Å². The van der Waals surface area contributed by atoms with Crippen molar-refractivity contribution in [3.05, 3.63) is 59.5 Å². The maximum Gasteiger partial charge on any atom is 0.172 e. The lowest BCUT2D eigenvalue weighted by molar-refractivity contribution is 0.586. The summed E-state index contributed by atoms with van der Waals surface area (Å²) in [5.41, 5.74) is 0.404. The molecule has 1 aromatic carbocycles. The summed E-state index contributed by atoms with van der Waals surface area (Å²) < 4.78 is 15.3. The Bertz CT molecular complexity index is 636. The maximum atomic E-state index is 13.7. The molecule has 0 unspecified atom stereocenters. The van der Waals surface area contributed by atoms with E-state index in [1.54, 1.807) is 35.2 Å². The number of thiocarbonyl (C=S) groups is 1. The molecule has 21 heavy (non-hydrogen) atoms. The average Bonchev–Trinajstić information content (AvgIpc) is 2.88. The van der Waals surface area contributed by atoms with E-state index in [0.717, 1.165) is 0 Å². The lowest BCUT2D eigenvalue weighted by atomic mass is 10.2. The second kappa shape index (κ2) is 7.19.